The van der Waals surface area contributed by atoms with Gasteiger partial charge in [0.05, 0.1) is 17.7 Å². The van der Waals surface area contributed by atoms with Crippen LogP contribution in [0.15, 0.2) is 15.8 Å². The fraction of sp³-hybridized carbons (Fsp3) is 0.545. The molecular weight excluding hydrogens is 224 g/mol. The van der Waals surface area contributed by atoms with Crippen molar-refractivity contribution in [3.05, 3.63) is 32.6 Å². The first-order valence-electron chi connectivity index (χ1n) is 5.16. The summed E-state index contributed by atoms with van der Waals surface area (Å²) < 4.78 is 5.98. The van der Waals surface area contributed by atoms with Crippen LogP contribution in [-0.2, 0) is 10.3 Å². The van der Waals surface area contributed by atoms with Crippen molar-refractivity contribution in [1.82, 2.24) is 9.55 Å². The van der Waals surface area contributed by atoms with Gasteiger partial charge in [-0.15, -0.1) is 0 Å². The molecule has 0 atom stereocenters. The van der Waals surface area contributed by atoms with Gasteiger partial charge >= 0.3 is 5.69 Å². The highest BCUT2D eigenvalue weighted by Crippen LogP contribution is 2.10. The number of methoxy groups -OCH3 is 1. The Morgan fingerprint density at radius 3 is 2.53 bits per heavy atom. The number of hydrogen-bond donors (Lipinski definition) is 1. The number of Topliss-reactive ketones (excluding diaryl/α,β-unsaturated/α-hetero) is 1. The van der Waals surface area contributed by atoms with Gasteiger partial charge < -0.3 is 9.72 Å². The Morgan fingerprint density at radius 2 is 2.06 bits per heavy atom. The van der Waals surface area contributed by atoms with E-state index in [9.17, 15) is 14.4 Å². The highest BCUT2D eigenvalue weighted by atomic mass is 16.5. The van der Waals surface area contributed by atoms with Gasteiger partial charge in [0.2, 0.25) is 0 Å². The molecule has 1 aromatic rings. The van der Waals surface area contributed by atoms with E-state index >= 15 is 0 Å². The van der Waals surface area contributed by atoms with Crippen molar-refractivity contribution in [2.75, 3.05) is 13.7 Å². The summed E-state index contributed by atoms with van der Waals surface area (Å²) in [6, 6.07) is 0. The number of nitrogens with zero attached hydrogens (tertiary/aromatic N) is 1. The lowest BCUT2D eigenvalue weighted by molar-refractivity contribution is 0.0986. The summed E-state index contributed by atoms with van der Waals surface area (Å²) in [4.78, 5) is 37.3. The quantitative estimate of drug-likeness (QED) is 0.758. The van der Waals surface area contributed by atoms with Gasteiger partial charge in [0.15, 0.2) is 5.78 Å². The zero-order valence-electron chi connectivity index (χ0n) is 10.4. The molecule has 0 saturated heterocycles. The molecule has 0 spiro atoms. The Hall–Kier alpha value is -1.69. The fourth-order valence-electron chi connectivity index (χ4n) is 1.69. The lowest BCUT2D eigenvalue weighted by atomic mass is 10.1. The van der Waals surface area contributed by atoms with E-state index in [-0.39, 0.29) is 18.0 Å². The highest BCUT2D eigenvalue weighted by molar-refractivity contribution is 5.93. The van der Waals surface area contributed by atoms with Crippen LogP contribution in [0.1, 0.15) is 31.1 Å². The topological polar surface area (TPSA) is 81.2 Å². The summed E-state index contributed by atoms with van der Waals surface area (Å²) >= 11 is 0. The van der Waals surface area contributed by atoms with Crippen molar-refractivity contribution in [1.29, 1.82) is 0 Å². The molecule has 17 heavy (non-hydrogen) atoms. The first-order chi connectivity index (χ1) is 7.81. The average Bonchev–Trinajstić information content (AvgIpc) is 2.15. The van der Waals surface area contributed by atoms with E-state index in [4.69, 9.17) is 4.74 Å². The molecule has 1 heterocycles. The van der Waals surface area contributed by atoms with E-state index in [1.807, 2.05) is 0 Å². The average molecular weight is 240 g/mol. The van der Waals surface area contributed by atoms with E-state index in [2.05, 4.69) is 4.98 Å². The second kappa shape index (κ2) is 4.67. The second-order valence-electron chi connectivity index (χ2n) is 4.45. The van der Waals surface area contributed by atoms with Crippen LogP contribution in [-0.4, -0.2) is 29.1 Å². The molecule has 0 radical (unpaired) electrons. The molecule has 1 rings (SSSR count). The number of carbonyl (C=O) groups is 1. The van der Waals surface area contributed by atoms with E-state index in [1.54, 1.807) is 13.8 Å². The Morgan fingerprint density at radius 1 is 1.47 bits per heavy atom. The van der Waals surface area contributed by atoms with Crippen LogP contribution in [0.4, 0.5) is 0 Å². The standard InChI is InChI=1S/C11H16N2O4/c1-7(14)8-5-12-10(16)13(9(8)15)11(2,3)6-17-4/h5H,6H2,1-4H3,(H,12,16). The molecule has 0 aromatic carbocycles. The molecule has 0 unspecified atom stereocenters. The number of hydrogen-bond acceptors (Lipinski definition) is 4. The number of rotatable bonds is 4. The number of ketones is 1. The van der Waals surface area contributed by atoms with Gasteiger partial charge in [-0.3, -0.25) is 14.2 Å². The van der Waals surface area contributed by atoms with Crippen molar-refractivity contribution < 1.29 is 9.53 Å². The van der Waals surface area contributed by atoms with Gasteiger partial charge in [0, 0.05) is 13.3 Å². The van der Waals surface area contributed by atoms with Crippen molar-refractivity contribution in [2.24, 2.45) is 0 Å². The molecule has 94 valence electrons. The Bertz CT molecular complexity index is 539. The molecule has 0 saturated carbocycles. The lowest BCUT2D eigenvalue weighted by Crippen LogP contribution is -2.49. The third-order valence-corrected chi connectivity index (χ3v) is 2.46. The van der Waals surface area contributed by atoms with Gasteiger partial charge in [-0.25, -0.2) is 4.79 Å². The molecule has 6 heteroatoms. The van der Waals surface area contributed by atoms with Crippen LogP contribution in [0, 0.1) is 0 Å². The number of aromatic nitrogens is 2. The Labute approximate surface area is 98.2 Å². The molecule has 0 aliphatic carbocycles. The zero-order chi connectivity index (χ0) is 13.2. The number of H-pyrrole nitrogens is 1. The molecule has 1 N–H and O–H groups in total. The minimum absolute atomic E-state index is 0.0335. The molecule has 0 bridgehead atoms. The minimum Gasteiger partial charge on any atom is -0.382 e. The number of ether oxygens (including phenoxy) is 1. The summed E-state index contributed by atoms with van der Waals surface area (Å²) in [5, 5.41) is 0. The SMILES string of the molecule is COCC(C)(C)n1c(=O)[nH]cc(C(C)=O)c1=O. The number of nitrogens with one attached hydrogen (secondary N) is 1. The maximum Gasteiger partial charge on any atom is 0.328 e. The first kappa shape index (κ1) is 13.4. The van der Waals surface area contributed by atoms with Gasteiger partial charge in [0.25, 0.3) is 5.56 Å². The summed E-state index contributed by atoms with van der Waals surface area (Å²) in [7, 11) is 1.48. The summed E-state index contributed by atoms with van der Waals surface area (Å²) in [6.45, 7) is 4.86. The minimum atomic E-state index is -0.815. The van der Waals surface area contributed by atoms with Crippen LogP contribution in [0.5, 0.6) is 0 Å². The Balaban J connectivity index is 3.53. The summed E-state index contributed by atoms with van der Waals surface area (Å²) in [5.41, 5.74) is -2.00. The highest BCUT2D eigenvalue weighted by Gasteiger charge is 2.25. The third kappa shape index (κ3) is 2.52. The predicted octanol–water partition coefficient (Wildman–Crippen LogP) is 0.121. The van der Waals surface area contributed by atoms with Crippen molar-refractivity contribution in [3.8, 4) is 0 Å². The zero-order valence-corrected chi connectivity index (χ0v) is 10.4. The number of carbonyl (C=O) groups excluding carboxylic acids is 1. The van der Waals surface area contributed by atoms with E-state index in [0.717, 1.165) is 10.8 Å². The summed E-state index contributed by atoms with van der Waals surface area (Å²) in [5.74, 6) is -0.381. The van der Waals surface area contributed by atoms with Gasteiger partial charge in [-0.2, -0.15) is 0 Å². The van der Waals surface area contributed by atoms with E-state index < -0.39 is 16.8 Å². The first-order valence-corrected chi connectivity index (χ1v) is 5.16. The van der Waals surface area contributed by atoms with Crippen LogP contribution >= 0.6 is 0 Å². The maximum atomic E-state index is 12.0. The van der Waals surface area contributed by atoms with Crippen LogP contribution in [0.25, 0.3) is 0 Å². The molecule has 0 aliphatic rings. The molecule has 0 fully saturated rings. The largest absolute Gasteiger partial charge is 0.382 e. The Kier molecular flexibility index (Phi) is 3.67. The molecule has 0 aliphatic heterocycles. The van der Waals surface area contributed by atoms with Crippen LogP contribution in [0.2, 0.25) is 0 Å². The van der Waals surface area contributed by atoms with Crippen LogP contribution < -0.4 is 11.2 Å². The normalized spacial score (nSPS) is 11.5. The maximum absolute atomic E-state index is 12.0. The van der Waals surface area contributed by atoms with Crippen molar-refractivity contribution >= 4 is 5.78 Å². The fourth-order valence-corrected chi connectivity index (χ4v) is 1.69. The van der Waals surface area contributed by atoms with Gasteiger partial charge in [0.1, 0.15) is 0 Å². The van der Waals surface area contributed by atoms with Crippen molar-refractivity contribution in [2.45, 2.75) is 26.3 Å². The van der Waals surface area contributed by atoms with E-state index in [0.29, 0.717) is 0 Å². The van der Waals surface area contributed by atoms with Gasteiger partial charge in [-0.1, -0.05) is 0 Å². The van der Waals surface area contributed by atoms with Crippen LogP contribution in [0.3, 0.4) is 0 Å². The smallest absolute Gasteiger partial charge is 0.328 e. The monoisotopic (exact) mass is 240 g/mol. The molecular formula is C11H16N2O4. The van der Waals surface area contributed by atoms with Gasteiger partial charge in [-0.05, 0) is 20.8 Å². The molecule has 1 aromatic heterocycles. The van der Waals surface area contributed by atoms with E-state index in [1.165, 1.54) is 14.0 Å². The molecule has 6 nitrogen and oxygen atoms in total. The lowest BCUT2D eigenvalue weighted by Gasteiger charge is -2.25. The second-order valence-corrected chi connectivity index (χ2v) is 4.45. The molecule has 0 amide bonds. The third-order valence-electron chi connectivity index (χ3n) is 2.46. The summed E-state index contributed by atoms with van der Waals surface area (Å²) in [6.07, 6.45) is 1.15. The predicted molar refractivity (Wildman–Crippen MR) is 62.5 cm³/mol. The van der Waals surface area contributed by atoms with Crippen molar-refractivity contribution in [3.63, 3.8) is 0 Å². The number of aromatic amines is 1.